The first-order valence-electron chi connectivity index (χ1n) is 4.47. The highest BCUT2D eigenvalue weighted by Crippen LogP contribution is 2.27. The van der Waals surface area contributed by atoms with Gasteiger partial charge in [0.1, 0.15) is 0 Å². The van der Waals surface area contributed by atoms with Crippen molar-refractivity contribution in [2.45, 2.75) is 6.42 Å². The molecule has 3 N–H and O–H groups in total. The Morgan fingerprint density at radius 2 is 2.36 bits per heavy atom. The third-order valence-corrected chi connectivity index (χ3v) is 2.42. The Bertz CT molecular complexity index is 376. The number of hydrogen-bond acceptors (Lipinski definition) is 2. The van der Waals surface area contributed by atoms with Gasteiger partial charge >= 0.3 is 0 Å². The first-order chi connectivity index (χ1) is 6.70. The molecule has 73 valence electrons. The van der Waals surface area contributed by atoms with E-state index in [9.17, 15) is 4.79 Å². The zero-order valence-electron chi connectivity index (χ0n) is 7.58. The molecule has 0 bridgehead atoms. The summed E-state index contributed by atoms with van der Waals surface area (Å²) in [7, 11) is 0. The standard InChI is InChI=1S/C10H11N2O2/c11-8-1-2-9-6(4-8)3-7(5-13)10(14)12-9/h1-2,4,7,11,13H,3,5H2,(H,12,14). The van der Waals surface area contributed by atoms with Gasteiger partial charge in [-0.25, -0.2) is 0 Å². The molecule has 0 fully saturated rings. The molecule has 1 aliphatic heterocycles. The van der Waals surface area contributed by atoms with E-state index >= 15 is 0 Å². The Hall–Kier alpha value is -1.55. The van der Waals surface area contributed by atoms with Crippen LogP contribution in [0.25, 0.3) is 0 Å². The van der Waals surface area contributed by atoms with Crippen LogP contribution < -0.4 is 11.1 Å². The van der Waals surface area contributed by atoms with Gasteiger partial charge in [-0.2, -0.15) is 0 Å². The van der Waals surface area contributed by atoms with E-state index in [0.29, 0.717) is 12.1 Å². The summed E-state index contributed by atoms with van der Waals surface area (Å²) in [5, 5.41) is 11.7. The molecule has 2 rings (SSSR count). The van der Waals surface area contributed by atoms with E-state index in [1.807, 2.05) is 0 Å². The van der Waals surface area contributed by atoms with Crippen molar-refractivity contribution in [1.82, 2.24) is 5.73 Å². The first kappa shape index (κ1) is 9.02. The predicted octanol–water partition coefficient (Wildman–Crippen LogP) is 0.704. The number of aliphatic hydroxyl groups excluding tert-OH is 1. The zero-order valence-corrected chi connectivity index (χ0v) is 7.58. The predicted molar refractivity (Wildman–Crippen MR) is 52.1 cm³/mol. The molecule has 14 heavy (non-hydrogen) atoms. The topological polar surface area (TPSA) is 73.1 Å². The summed E-state index contributed by atoms with van der Waals surface area (Å²) in [6.45, 7) is -0.145. The lowest BCUT2D eigenvalue weighted by atomic mass is 9.93. The van der Waals surface area contributed by atoms with Crippen LogP contribution in [0.1, 0.15) is 5.56 Å². The number of aliphatic hydroxyl groups is 1. The number of carbonyl (C=O) groups is 1. The van der Waals surface area contributed by atoms with Gasteiger partial charge in [0, 0.05) is 5.69 Å². The van der Waals surface area contributed by atoms with Gasteiger partial charge in [-0.3, -0.25) is 4.79 Å². The van der Waals surface area contributed by atoms with Crippen molar-refractivity contribution < 1.29 is 9.90 Å². The number of rotatable bonds is 1. The largest absolute Gasteiger partial charge is 0.396 e. The summed E-state index contributed by atoms with van der Waals surface area (Å²) in [5.74, 6) is -0.512. The molecule has 0 aromatic heterocycles. The van der Waals surface area contributed by atoms with Crippen molar-refractivity contribution in [1.29, 1.82) is 0 Å². The lowest BCUT2D eigenvalue weighted by Crippen LogP contribution is -2.32. The van der Waals surface area contributed by atoms with Gasteiger partial charge in [0.15, 0.2) is 0 Å². The average Bonchev–Trinajstić information content (AvgIpc) is 2.17. The van der Waals surface area contributed by atoms with Crippen molar-refractivity contribution in [2.75, 3.05) is 11.9 Å². The number of nitrogens with one attached hydrogen (secondary N) is 2. The Balaban J connectivity index is 2.36. The van der Waals surface area contributed by atoms with Crippen molar-refractivity contribution in [3.05, 3.63) is 23.8 Å². The SMILES string of the molecule is [NH]c1ccc2c(c1)CC(CO)C(=O)N2. The fourth-order valence-corrected chi connectivity index (χ4v) is 1.62. The lowest BCUT2D eigenvalue weighted by Gasteiger charge is -2.23. The van der Waals surface area contributed by atoms with Gasteiger partial charge in [0.05, 0.1) is 18.2 Å². The van der Waals surface area contributed by atoms with Crippen LogP contribution in [-0.4, -0.2) is 17.6 Å². The Labute approximate surface area is 81.7 Å². The maximum Gasteiger partial charge on any atom is 0.230 e. The van der Waals surface area contributed by atoms with Crippen LogP contribution in [0.2, 0.25) is 0 Å². The van der Waals surface area contributed by atoms with Crippen molar-refractivity contribution >= 4 is 17.3 Å². The number of amides is 1. The van der Waals surface area contributed by atoms with E-state index in [2.05, 4.69) is 5.32 Å². The van der Waals surface area contributed by atoms with Crippen molar-refractivity contribution in [3.8, 4) is 0 Å². The highest BCUT2D eigenvalue weighted by atomic mass is 16.3. The molecule has 4 heteroatoms. The minimum absolute atomic E-state index is 0.141. The lowest BCUT2D eigenvalue weighted by molar-refractivity contribution is -0.121. The third-order valence-electron chi connectivity index (χ3n) is 2.42. The van der Waals surface area contributed by atoms with Crippen LogP contribution in [-0.2, 0) is 11.2 Å². The maximum atomic E-state index is 11.4. The highest BCUT2D eigenvalue weighted by molar-refractivity contribution is 5.96. The van der Waals surface area contributed by atoms with E-state index in [-0.39, 0.29) is 18.4 Å². The molecular formula is C10H11N2O2. The van der Waals surface area contributed by atoms with E-state index in [1.165, 1.54) is 0 Å². The summed E-state index contributed by atoms with van der Waals surface area (Å²) < 4.78 is 0. The van der Waals surface area contributed by atoms with Crippen LogP contribution in [0.3, 0.4) is 0 Å². The third kappa shape index (κ3) is 1.44. The molecule has 1 radical (unpaired) electrons. The summed E-state index contributed by atoms with van der Waals surface area (Å²) in [5.41, 5.74) is 9.55. The summed E-state index contributed by atoms with van der Waals surface area (Å²) in [4.78, 5) is 11.4. The molecule has 1 aromatic rings. The summed E-state index contributed by atoms with van der Waals surface area (Å²) in [6.07, 6.45) is 0.518. The highest BCUT2D eigenvalue weighted by Gasteiger charge is 2.25. The monoisotopic (exact) mass is 191 g/mol. The van der Waals surface area contributed by atoms with E-state index in [4.69, 9.17) is 10.8 Å². The van der Waals surface area contributed by atoms with Crippen LogP contribution in [0.5, 0.6) is 0 Å². The molecule has 0 saturated carbocycles. The van der Waals surface area contributed by atoms with E-state index < -0.39 is 0 Å². The number of hydrogen-bond donors (Lipinski definition) is 2. The molecule has 0 saturated heterocycles. The molecule has 1 atom stereocenters. The van der Waals surface area contributed by atoms with E-state index in [0.717, 1.165) is 11.3 Å². The number of carbonyl (C=O) groups excluding carboxylic acids is 1. The van der Waals surface area contributed by atoms with Crippen molar-refractivity contribution in [3.63, 3.8) is 0 Å². The molecule has 0 aliphatic carbocycles. The first-order valence-corrected chi connectivity index (χ1v) is 4.47. The molecule has 1 aromatic carbocycles. The summed E-state index contributed by atoms with van der Waals surface area (Å²) >= 11 is 0. The van der Waals surface area contributed by atoms with Gasteiger partial charge in [-0.05, 0) is 30.2 Å². The van der Waals surface area contributed by atoms with Gasteiger partial charge in [-0.1, -0.05) is 0 Å². The molecule has 0 spiro atoms. The molecule has 1 heterocycles. The van der Waals surface area contributed by atoms with Gasteiger partial charge < -0.3 is 16.2 Å². The quantitative estimate of drug-likeness (QED) is 0.685. The summed E-state index contributed by atoms with van der Waals surface area (Å²) in [6, 6.07) is 5.08. The normalized spacial score (nSPS) is 20.1. The van der Waals surface area contributed by atoms with Crippen LogP contribution in [0, 0.1) is 5.92 Å². The zero-order chi connectivity index (χ0) is 10.1. The second-order valence-electron chi connectivity index (χ2n) is 3.44. The molecule has 1 unspecified atom stereocenters. The molecule has 1 amide bonds. The number of benzene rings is 1. The Morgan fingerprint density at radius 1 is 1.57 bits per heavy atom. The molecule has 1 aliphatic rings. The fourth-order valence-electron chi connectivity index (χ4n) is 1.62. The minimum atomic E-state index is -0.371. The van der Waals surface area contributed by atoms with Gasteiger partial charge in [0.25, 0.3) is 0 Å². The fraction of sp³-hybridized carbons (Fsp3) is 0.300. The van der Waals surface area contributed by atoms with Crippen LogP contribution >= 0.6 is 0 Å². The smallest absolute Gasteiger partial charge is 0.230 e. The van der Waals surface area contributed by atoms with Crippen LogP contribution in [0.4, 0.5) is 11.4 Å². The minimum Gasteiger partial charge on any atom is -0.396 e. The molecule has 4 nitrogen and oxygen atoms in total. The van der Waals surface area contributed by atoms with Gasteiger partial charge in [0.2, 0.25) is 5.91 Å². The van der Waals surface area contributed by atoms with Gasteiger partial charge in [-0.15, -0.1) is 0 Å². The second-order valence-corrected chi connectivity index (χ2v) is 3.44. The number of anilines is 1. The van der Waals surface area contributed by atoms with E-state index in [1.54, 1.807) is 18.2 Å². The van der Waals surface area contributed by atoms with Crippen LogP contribution in [0.15, 0.2) is 18.2 Å². The second kappa shape index (κ2) is 3.31. The average molecular weight is 191 g/mol. The Kier molecular flexibility index (Phi) is 2.13. The Morgan fingerprint density at radius 3 is 3.07 bits per heavy atom. The van der Waals surface area contributed by atoms with Crippen molar-refractivity contribution in [2.24, 2.45) is 5.92 Å². The number of fused-ring (bicyclic) bond motifs is 1. The molecular weight excluding hydrogens is 180 g/mol. The maximum absolute atomic E-state index is 11.4.